The Balaban J connectivity index is 5.74. The Labute approximate surface area is 110 Å². The molecule has 0 aliphatic carbocycles. The van der Waals surface area contributed by atoms with E-state index in [9.17, 15) is 48.3 Å². The Morgan fingerprint density at radius 2 is 1.15 bits per heavy atom. The van der Waals surface area contributed by atoms with Gasteiger partial charge >= 0.3 is 29.1 Å². The van der Waals surface area contributed by atoms with Crippen molar-refractivity contribution in [3.8, 4) is 0 Å². The van der Waals surface area contributed by atoms with Gasteiger partial charge in [0.2, 0.25) is 0 Å². The minimum Gasteiger partial charge on any atom is -0.284 e. The van der Waals surface area contributed by atoms with Gasteiger partial charge in [0, 0.05) is 15.9 Å². The Morgan fingerprint density at radius 3 is 1.40 bits per heavy atom. The lowest BCUT2D eigenvalue weighted by molar-refractivity contribution is -0.513. The van der Waals surface area contributed by atoms with Gasteiger partial charge in [-0.3, -0.25) is 9.47 Å². The molecule has 1 unspecified atom stereocenters. The molecule has 1 atom stereocenters. The normalized spacial score (nSPS) is 18.0. The van der Waals surface area contributed by atoms with Gasteiger partial charge in [0.25, 0.3) is 0 Å². The highest BCUT2D eigenvalue weighted by atomic mass is 79.9. The van der Waals surface area contributed by atoms with Crippen LogP contribution in [-0.4, -0.2) is 35.9 Å². The second-order valence-electron chi connectivity index (χ2n) is 2.98. The Hall–Kier alpha value is -0.370. The smallest absolute Gasteiger partial charge is 0.284 e. The minimum absolute atomic E-state index is 0.823. The van der Waals surface area contributed by atoms with Crippen LogP contribution in [0.3, 0.4) is 0 Å². The quantitative estimate of drug-likeness (QED) is 0.492. The molecule has 14 heteroatoms. The van der Waals surface area contributed by atoms with Crippen LogP contribution in [0.25, 0.3) is 0 Å². The lowest BCUT2D eigenvalue weighted by Gasteiger charge is -2.36. The van der Waals surface area contributed by atoms with E-state index >= 15 is 0 Å². The second kappa shape index (κ2) is 5.44. The third-order valence-electron chi connectivity index (χ3n) is 1.57. The molecule has 0 heterocycles. The maximum absolute atomic E-state index is 13.1. The molecule has 0 aromatic rings. The Bertz CT molecular complexity index is 337. The second-order valence-corrected chi connectivity index (χ2v) is 3.98. The predicted molar refractivity (Wildman–Crippen MR) is 41.8 cm³/mol. The van der Waals surface area contributed by atoms with Crippen molar-refractivity contribution in [2.24, 2.45) is 0 Å². The molecule has 0 radical (unpaired) electrons. The van der Waals surface area contributed by atoms with Crippen LogP contribution >= 0.6 is 15.9 Å². The summed E-state index contributed by atoms with van der Waals surface area (Å²) in [4.78, 5) is -5.63. The van der Waals surface area contributed by atoms with Crippen LogP contribution in [0.2, 0.25) is 0 Å². The van der Waals surface area contributed by atoms with Crippen LogP contribution in [0.5, 0.6) is 0 Å². The number of ether oxygens (including phenoxy) is 2. The van der Waals surface area contributed by atoms with Crippen LogP contribution in [0.1, 0.15) is 0 Å². The zero-order valence-corrected chi connectivity index (χ0v) is 10.1. The molecule has 0 fully saturated rings. The van der Waals surface area contributed by atoms with Gasteiger partial charge in [-0.25, -0.2) is 4.39 Å². The average Bonchev–Trinajstić information content (AvgIpc) is 2.12. The first-order valence-corrected chi connectivity index (χ1v) is 4.79. The number of alkyl halides is 12. The van der Waals surface area contributed by atoms with E-state index in [2.05, 4.69) is 4.74 Å². The summed E-state index contributed by atoms with van der Waals surface area (Å²) in [5.41, 5.74) is 0. The molecule has 0 bridgehead atoms. The maximum atomic E-state index is 13.1. The van der Waals surface area contributed by atoms with E-state index in [1.54, 1.807) is 0 Å². The van der Waals surface area contributed by atoms with Crippen LogP contribution in [0.15, 0.2) is 0 Å². The average molecular weight is 395 g/mol. The van der Waals surface area contributed by atoms with Crippen molar-refractivity contribution in [2.75, 3.05) is 6.86 Å². The molecular weight excluding hydrogens is 393 g/mol. The van der Waals surface area contributed by atoms with Gasteiger partial charge in [0.1, 0.15) is 0 Å². The topological polar surface area (TPSA) is 18.5 Å². The highest BCUT2D eigenvalue weighted by Crippen LogP contribution is 2.52. The van der Waals surface area contributed by atoms with Crippen molar-refractivity contribution >= 4 is 15.9 Å². The number of rotatable bonds is 6. The minimum atomic E-state index is -6.95. The standard InChI is InChI=1S/C6H2BrF11O2/c7-3(10,11)6(17,18)20-2(9,4(12,13)14)5(15,16)19-1-8/h1H2. The molecule has 0 saturated heterocycles. The predicted octanol–water partition coefficient (Wildman–Crippen LogP) is 4.35. The summed E-state index contributed by atoms with van der Waals surface area (Å²) in [6.45, 7) is -2.74. The number of hydrogen-bond acceptors (Lipinski definition) is 2. The number of halogens is 12. The molecule has 0 saturated carbocycles. The van der Waals surface area contributed by atoms with E-state index in [4.69, 9.17) is 0 Å². The van der Waals surface area contributed by atoms with Crippen LogP contribution < -0.4 is 0 Å². The number of hydrogen-bond donors (Lipinski definition) is 0. The lowest BCUT2D eigenvalue weighted by atomic mass is 10.2. The van der Waals surface area contributed by atoms with Gasteiger partial charge in [-0.2, -0.15) is 43.9 Å². The lowest BCUT2D eigenvalue weighted by Crippen LogP contribution is -2.62. The molecular formula is C6H2BrF11O2. The van der Waals surface area contributed by atoms with Gasteiger partial charge < -0.3 is 0 Å². The first-order valence-electron chi connectivity index (χ1n) is 4.00. The molecule has 20 heavy (non-hydrogen) atoms. The van der Waals surface area contributed by atoms with E-state index in [0.29, 0.717) is 0 Å². The molecule has 0 aliphatic heterocycles. The summed E-state index contributed by atoms with van der Waals surface area (Å²) in [6, 6.07) is 0. The van der Waals surface area contributed by atoms with Gasteiger partial charge in [0.15, 0.2) is 6.86 Å². The van der Waals surface area contributed by atoms with Crippen molar-refractivity contribution in [3.63, 3.8) is 0 Å². The summed E-state index contributed by atoms with van der Waals surface area (Å²) in [5, 5.41) is 0. The first kappa shape index (κ1) is 19.6. The molecule has 0 aromatic carbocycles. The van der Waals surface area contributed by atoms with Gasteiger partial charge in [-0.15, -0.1) is 0 Å². The maximum Gasteiger partial charge on any atom is 0.458 e. The fourth-order valence-corrected chi connectivity index (χ4v) is 0.759. The van der Waals surface area contributed by atoms with E-state index < -0.39 is 35.9 Å². The van der Waals surface area contributed by atoms with Gasteiger partial charge in [-0.1, -0.05) is 0 Å². The SMILES string of the molecule is FCOC(F)(F)C(F)(OC(F)(F)C(F)(F)Br)C(F)(F)F. The molecule has 0 aliphatic rings. The highest BCUT2D eigenvalue weighted by molar-refractivity contribution is 9.10. The van der Waals surface area contributed by atoms with Crippen molar-refractivity contribution < 1.29 is 57.8 Å². The molecule has 2 nitrogen and oxygen atoms in total. The third-order valence-corrected chi connectivity index (χ3v) is 2.04. The van der Waals surface area contributed by atoms with Crippen molar-refractivity contribution in [1.82, 2.24) is 0 Å². The largest absolute Gasteiger partial charge is 0.458 e. The van der Waals surface area contributed by atoms with E-state index in [-0.39, 0.29) is 0 Å². The molecule has 122 valence electrons. The zero-order valence-electron chi connectivity index (χ0n) is 8.56. The summed E-state index contributed by atoms with van der Waals surface area (Å²) in [7, 11) is 0. The monoisotopic (exact) mass is 394 g/mol. The molecule has 0 spiro atoms. The molecule has 0 aromatic heterocycles. The summed E-state index contributed by atoms with van der Waals surface area (Å²) < 4.78 is 139. The van der Waals surface area contributed by atoms with E-state index in [1.165, 1.54) is 0 Å². The van der Waals surface area contributed by atoms with Gasteiger partial charge in [0.05, 0.1) is 0 Å². The van der Waals surface area contributed by atoms with Crippen molar-refractivity contribution in [3.05, 3.63) is 0 Å². The van der Waals surface area contributed by atoms with Crippen LogP contribution in [0.4, 0.5) is 48.3 Å². The molecule has 0 amide bonds. The molecule has 0 N–H and O–H groups in total. The van der Waals surface area contributed by atoms with Crippen molar-refractivity contribution in [1.29, 1.82) is 0 Å². The van der Waals surface area contributed by atoms with Crippen LogP contribution in [-0.2, 0) is 9.47 Å². The third kappa shape index (κ3) is 3.63. The summed E-state index contributed by atoms with van der Waals surface area (Å²) >= 11 is 0.823. The Morgan fingerprint density at radius 1 is 0.750 bits per heavy atom. The zero-order chi connectivity index (χ0) is 16.6. The van der Waals surface area contributed by atoms with E-state index in [0.717, 1.165) is 15.9 Å². The highest BCUT2D eigenvalue weighted by Gasteiger charge is 2.79. The van der Waals surface area contributed by atoms with Crippen molar-refractivity contribution in [2.45, 2.75) is 29.1 Å². The fraction of sp³-hybridized carbons (Fsp3) is 1.00. The van der Waals surface area contributed by atoms with Crippen LogP contribution in [0, 0.1) is 0 Å². The van der Waals surface area contributed by atoms with Gasteiger partial charge in [-0.05, 0) is 0 Å². The fourth-order valence-electron chi connectivity index (χ4n) is 0.678. The molecule has 0 rings (SSSR count). The van der Waals surface area contributed by atoms with E-state index in [1.807, 2.05) is 4.74 Å². The first-order chi connectivity index (χ1) is 8.52. The Kier molecular flexibility index (Phi) is 5.34. The summed E-state index contributed by atoms with van der Waals surface area (Å²) in [6.07, 6.45) is -19.7. The summed E-state index contributed by atoms with van der Waals surface area (Å²) in [5.74, 6) is -6.73.